The van der Waals surface area contributed by atoms with Crippen molar-refractivity contribution in [2.24, 2.45) is 5.10 Å². The second-order valence-electron chi connectivity index (χ2n) is 7.99. The lowest BCUT2D eigenvalue weighted by Crippen LogP contribution is -2.17. The van der Waals surface area contributed by atoms with Crippen molar-refractivity contribution in [2.75, 3.05) is 0 Å². The number of amides is 1. The van der Waals surface area contributed by atoms with Gasteiger partial charge in [-0.15, -0.1) is 0 Å². The zero-order chi connectivity index (χ0) is 22.4. The molecule has 0 heterocycles. The number of hydrazone groups is 1. The summed E-state index contributed by atoms with van der Waals surface area (Å²) < 4.78 is 5.43. The largest absolute Gasteiger partial charge is 0.423 e. The molecule has 158 valence electrons. The van der Waals surface area contributed by atoms with Crippen LogP contribution in [0.15, 0.2) is 77.9 Å². The van der Waals surface area contributed by atoms with Crippen LogP contribution in [0.2, 0.25) is 5.02 Å². The van der Waals surface area contributed by atoms with Crippen molar-refractivity contribution in [1.29, 1.82) is 0 Å². The molecule has 0 bridgehead atoms. The van der Waals surface area contributed by atoms with E-state index in [1.54, 1.807) is 60.7 Å². The van der Waals surface area contributed by atoms with Gasteiger partial charge in [0.15, 0.2) is 0 Å². The van der Waals surface area contributed by atoms with Crippen molar-refractivity contribution in [2.45, 2.75) is 26.2 Å². The zero-order valence-electron chi connectivity index (χ0n) is 17.6. The minimum absolute atomic E-state index is 0.0219. The number of ether oxygens (including phenoxy) is 1. The first-order valence-electron chi connectivity index (χ1n) is 9.74. The van der Waals surface area contributed by atoms with Crippen LogP contribution in [0.25, 0.3) is 0 Å². The van der Waals surface area contributed by atoms with E-state index in [4.69, 9.17) is 16.3 Å². The first-order chi connectivity index (χ1) is 14.7. The van der Waals surface area contributed by atoms with Gasteiger partial charge in [-0.05, 0) is 77.2 Å². The Labute approximate surface area is 186 Å². The summed E-state index contributed by atoms with van der Waals surface area (Å²) in [7, 11) is 0. The number of hydrogen-bond donors (Lipinski definition) is 1. The Morgan fingerprint density at radius 2 is 1.45 bits per heavy atom. The Bertz CT molecular complexity index is 1080. The first-order valence-corrected chi connectivity index (χ1v) is 10.1. The number of esters is 1. The molecule has 0 aromatic heterocycles. The molecule has 0 spiro atoms. The van der Waals surface area contributed by atoms with E-state index < -0.39 is 5.97 Å². The van der Waals surface area contributed by atoms with Gasteiger partial charge in [0.05, 0.1) is 11.8 Å². The van der Waals surface area contributed by atoms with Crippen molar-refractivity contribution >= 4 is 29.7 Å². The molecule has 0 aliphatic heterocycles. The van der Waals surface area contributed by atoms with Gasteiger partial charge in [-0.2, -0.15) is 5.10 Å². The number of halogens is 1. The second kappa shape index (κ2) is 9.58. The van der Waals surface area contributed by atoms with Gasteiger partial charge in [0.1, 0.15) is 5.75 Å². The van der Waals surface area contributed by atoms with Gasteiger partial charge in [0, 0.05) is 10.6 Å². The van der Waals surface area contributed by atoms with Crippen LogP contribution in [-0.2, 0) is 5.41 Å². The summed E-state index contributed by atoms with van der Waals surface area (Å²) in [5, 5.41) is 4.50. The van der Waals surface area contributed by atoms with Crippen LogP contribution in [-0.4, -0.2) is 18.1 Å². The lowest BCUT2D eigenvalue weighted by atomic mass is 9.87. The topological polar surface area (TPSA) is 67.8 Å². The van der Waals surface area contributed by atoms with E-state index in [1.165, 1.54) is 6.21 Å². The van der Waals surface area contributed by atoms with E-state index in [0.717, 1.165) is 11.1 Å². The van der Waals surface area contributed by atoms with E-state index in [9.17, 15) is 9.59 Å². The highest BCUT2D eigenvalue weighted by atomic mass is 35.5. The molecule has 0 saturated heterocycles. The van der Waals surface area contributed by atoms with Gasteiger partial charge < -0.3 is 4.74 Å². The molecule has 0 fully saturated rings. The third kappa shape index (κ3) is 6.27. The van der Waals surface area contributed by atoms with Crippen molar-refractivity contribution in [3.63, 3.8) is 0 Å². The molecule has 5 nitrogen and oxygen atoms in total. The fourth-order valence-corrected chi connectivity index (χ4v) is 2.85. The summed E-state index contributed by atoms with van der Waals surface area (Å²) in [5.74, 6) is -0.333. The number of rotatable bonds is 5. The molecule has 31 heavy (non-hydrogen) atoms. The summed E-state index contributed by atoms with van der Waals surface area (Å²) in [4.78, 5) is 24.4. The van der Waals surface area contributed by atoms with E-state index in [0.29, 0.717) is 21.9 Å². The highest BCUT2D eigenvalue weighted by Gasteiger charge is 2.15. The maximum Gasteiger partial charge on any atom is 0.343 e. The molecular weight excluding hydrogens is 412 g/mol. The number of hydrogen-bond acceptors (Lipinski definition) is 4. The van der Waals surface area contributed by atoms with E-state index in [-0.39, 0.29) is 11.3 Å². The molecule has 6 heteroatoms. The molecular formula is C25H23ClN2O3. The molecule has 3 aromatic rings. The van der Waals surface area contributed by atoms with E-state index in [2.05, 4.69) is 31.3 Å². The van der Waals surface area contributed by atoms with Crippen molar-refractivity contribution in [3.05, 3.63) is 100 Å². The van der Waals surface area contributed by atoms with Gasteiger partial charge in [-0.1, -0.05) is 44.5 Å². The van der Waals surface area contributed by atoms with Crippen LogP contribution >= 0.6 is 11.6 Å². The molecule has 1 N–H and O–H groups in total. The molecule has 0 saturated carbocycles. The van der Waals surface area contributed by atoms with Gasteiger partial charge in [-0.25, -0.2) is 10.2 Å². The fourth-order valence-electron chi connectivity index (χ4n) is 2.73. The normalized spacial score (nSPS) is 11.4. The van der Waals surface area contributed by atoms with Crippen LogP contribution in [0.5, 0.6) is 5.75 Å². The van der Waals surface area contributed by atoms with Crippen LogP contribution < -0.4 is 10.2 Å². The van der Waals surface area contributed by atoms with Crippen LogP contribution in [0, 0.1) is 0 Å². The van der Waals surface area contributed by atoms with Gasteiger partial charge in [-0.3, -0.25) is 4.79 Å². The smallest absolute Gasteiger partial charge is 0.343 e. The number of nitrogens with zero attached hydrogens (tertiary/aromatic N) is 1. The SMILES string of the molecule is CC(C)(C)c1ccc(C(=O)Oc2ccc(/C=N\NC(=O)c3ccc(Cl)cc3)cc2)cc1. The summed E-state index contributed by atoms with van der Waals surface area (Å²) in [5.41, 5.74) is 5.31. The zero-order valence-corrected chi connectivity index (χ0v) is 18.3. The van der Waals surface area contributed by atoms with Gasteiger partial charge in [0.2, 0.25) is 0 Å². The Morgan fingerprint density at radius 1 is 0.871 bits per heavy atom. The minimum Gasteiger partial charge on any atom is -0.423 e. The maximum absolute atomic E-state index is 12.4. The molecule has 3 aromatic carbocycles. The van der Waals surface area contributed by atoms with E-state index in [1.807, 2.05) is 12.1 Å². The quantitative estimate of drug-likeness (QED) is 0.245. The van der Waals surface area contributed by atoms with E-state index >= 15 is 0 Å². The summed E-state index contributed by atoms with van der Waals surface area (Å²) in [6.07, 6.45) is 1.50. The maximum atomic E-state index is 12.4. The Hall–Kier alpha value is -3.44. The molecule has 0 aliphatic carbocycles. The lowest BCUT2D eigenvalue weighted by Gasteiger charge is -2.18. The Kier molecular flexibility index (Phi) is 6.88. The Balaban J connectivity index is 1.56. The number of nitrogens with one attached hydrogen (secondary N) is 1. The number of carbonyl (C=O) groups excluding carboxylic acids is 2. The summed E-state index contributed by atoms with van der Waals surface area (Å²) in [6, 6.07) is 20.8. The highest BCUT2D eigenvalue weighted by Crippen LogP contribution is 2.22. The minimum atomic E-state index is -0.419. The predicted octanol–water partition coefficient (Wildman–Crippen LogP) is 5.62. The standard InChI is InChI=1S/C25H23ClN2O3/c1-25(2,3)20-10-6-19(7-11-20)24(30)31-22-14-4-17(5-15-22)16-27-28-23(29)18-8-12-21(26)13-9-18/h4-16H,1-3H3,(H,28,29)/b27-16-. The summed E-state index contributed by atoms with van der Waals surface area (Å²) in [6.45, 7) is 6.36. The molecule has 3 rings (SSSR count). The van der Waals surface area contributed by atoms with Crippen LogP contribution in [0.1, 0.15) is 52.6 Å². The monoisotopic (exact) mass is 434 g/mol. The third-order valence-electron chi connectivity index (χ3n) is 4.56. The van der Waals surface area contributed by atoms with Crippen molar-refractivity contribution in [1.82, 2.24) is 5.43 Å². The highest BCUT2D eigenvalue weighted by molar-refractivity contribution is 6.30. The molecule has 0 radical (unpaired) electrons. The number of benzene rings is 3. The van der Waals surface area contributed by atoms with Crippen molar-refractivity contribution < 1.29 is 14.3 Å². The Morgan fingerprint density at radius 3 is 2.03 bits per heavy atom. The number of carbonyl (C=O) groups is 2. The van der Waals surface area contributed by atoms with Crippen LogP contribution in [0.4, 0.5) is 0 Å². The van der Waals surface area contributed by atoms with Crippen molar-refractivity contribution in [3.8, 4) is 5.75 Å². The second-order valence-corrected chi connectivity index (χ2v) is 8.43. The van der Waals surface area contributed by atoms with Gasteiger partial charge >= 0.3 is 5.97 Å². The molecule has 0 unspecified atom stereocenters. The fraction of sp³-hybridized carbons (Fsp3) is 0.160. The first kappa shape index (κ1) is 22.2. The van der Waals surface area contributed by atoms with Gasteiger partial charge in [0.25, 0.3) is 5.91 Å². The predicted molar refractivity (Wildman–Crippen MR) is 123 cm³/mol. The average molecular weight is 435 g/mol. The molecule has 1 amide bonds. The lowest BCUT2D eigenvalue weighted by molar-refractivity contribution is 0.0734. The average Bonchev–Trinajstić information content (AvgIpc) is 2.75. The summed E-state index contributed by atoms with van der Waals surface area (Å²) >= 11 is 5.81. The molecule has 0 atom stereocenters. The van der Waals surface area contributed by atoms with Crippen LogP contribution in [0.3, 0.4) is 0 Å². The third-order valence-corrected chi connectivity index (χ3v) is 4.82. The molecule has 0 aliphatic rings.